The average Bonchev–Trinajstić information content (AvgIpc) is 3.32. The maximum absolute atomic E-state index is 12.2. The number of rotatable bonds is 7. The first-order valence-electron chi connectivity index (χ1n) is 10.7. The summed E-state index contributed by atoms with van der Waals surface area (Å²) in [5.41, 5.74) is 7.33. The van der Waals surface area contributed by atoms with Gasteiger partial charge in [0.05, 0.1) is 7.11 Å². The van der Waals surface area contributed by atoms with Gasteiger partial charge in [0.1, 0.15) is 6.04 Å². The number of esters is 1. The van der Waals surface area contributed by atoms with Crippen LogP contribution in [0.4, 0.5) is 0 Å². The fourth-order valence-corrected chi connectivity index (χ4v) is 4.93. The highest BCUT2D eigenvalue weighted by molar-refractivity contribution is 5.76. The molecular weight excluding hydrogens is 336 g/mol. The summed E-state index contributed by atoms with van der Waals surface area (Å²) >= 11 is 0. The van der Waals surface area contributed by atoms with Crippen molar-refractivity contribution in [2.45, 2.75) is 78.4 Å². The molecule has 0 saturated carbocycles. The maximum Gasteiger partial charge on any atom is 0.323 e. The third-order valence-corrected chi connectivity index (χ3v) is 6.39. The van der Waals surface area contributed by atoms with Crippen molar-refractivity contribution in [1.29, 1.82) is 0 Å². The van der Waals surface area contributed by atoms with E-state index in [-0.39, 0.29) is 12.0 Å². The number of benzene rings is 1. The van der Waals surface area contributed by atoms with E-state index < -0.39 is 0 Å². The first-order valence-corrected chi connectivity index (χ1v) is 10.7. The quantitative estimate of drug-likeness (QED) is 0.678. The van der Waals surface area contributed by atoms with Crippen molar-refractivity contribution in [2.24, 2.45) is 0 Å². The summed E-state index contributed by atoms with van der Waals surface area (Å²) in [4.78, 5) is 17.1. The van der Waals surface area contributed by atoms with Gasteiger partial charge in [0.2, 0.25) is 0 Å². The summed E-state index contributed by atoms with van der Waals surface area (Å²) in [5, 5.41) is 0. The summed E-state index contributed by atoms with van der Waals surface area (Å²) in [6.07, 6.45) is 6.93. The van der Waals surface area contributed by atoms with Crippen molar-refractivity contribution in [3.8, 4) is 0 Å². The number of aryl methyl sites for hydroxylation is 2. The minimum Gasteiger partial charge on any atom is -0.468 e. The lowest BCUT2D eigenvalue weighted by molar-refractivity contribution is -0.146. The molecule has 150 valence electrons. The van der Waals surface area contributed by atoms with Crippen molar-refractivity contribution in [3.05, 3.63) is 33.9 Å². The highest BCUT2D eigenvalue weighted by atomic mass is 16.5. The fraction of sp³-hybridized carbons (Fsp3) is 0.696. The molecule has 0 radical (unpaired) electrons. The summed E-state index contributed by atoms with van der Waals surface area (Å²) < 4.78 is 5.05. The number of nitrogens with zero attached hydrogens (tertiary/aromatic N) is 2. The molecule has 2 aliphatic heterocycles. The van der Waals surface area contributed by atoms with Gasteiger partial charge in [0.25, 0.3) is 0 Å². The van der Waals surface area contributed by atoms with Crippen LogP contribution in [-0.4, -0.2) is 48.6 Å². The molecule has 4 nitrogen and oxygen atoms in total. The van der Waals surface area contributed by atoms with E-state index >= 15 is 0 Å². The first-order chi connectivity index (χ1) is 13.0. The standard InChI is InChI=1S/C23H36N2O2/c1-5-9-19-20(15-24-11-6-7-12-24)17(2)14-18(3)21(19)16-25-13-8-10-22(25)23(26)27-4/h14,22H,5-13,15-16H2,1-4H3. The zero-order valence-electron chi connectivity index (χ0n) is 17.6. The Hall–Kier alpha value is -1.39. The minimum absolute atomic E-state index is 0.0767. The molecule has 0 bridgehead atoms. The molecule has 0 spiro atoms. The predicted octanol–water partition coefficient (Wildman–Crippen LogP) is 3.99. The topological polar surface area (TPSA) is 32.8 Å². The summed E-state index contributed by atoms with van der Waals surface area (Å²) in [5.74, 6) is -0.0772. The van der Waals surface area contributed by atoms with Gasteiger partial charge in [0.15, 0.2) is 0 Å². The van der Waals surface area contributed by atoms with Gasteiger partial charge in [-0.1, -0.05) is 19.4 Å². The smallest absolute Gasteiger partial charge is 0.323 e. The van der Waals surface area contributed by atoms with E-state index in [1.807, 2.05) is 0 Å². The Labute approximate surface area is 164 Å². The Bertz CT molecular complexity index is 665. The molecule has 1 aromatic rings. The number of hydrogen-bond acceptors (Lipinski definition) is 4. The van der Waals surface area contributed by atoms with E-state index in [4.69, 9.17) is 4.74 Å². The molecule has 0 N–H and O–H groups in total. The monoisotopic (exact) mass is 372 g/mol. The minimum atomic E-state index is -0.0772. The molecule has 2 fully saturated rings. The van der Waals surface area contributed by atoms with Crippen LogP contribution < -0.4 is 0 Å². The zero-order chi connectivity index (χ0) is 19.4. The largest absolute Gasteiger partial charge is 0.468 e. The van der Waals surface area contributed by atoms with Gasteiger partial charge in [0, 0.05) is 13.1 Å². The van der Waals surface area contributed by atoms with Crippen LogP contribution in [0.2, 0.25) is 0 Å². The molecule has 1 unspecified atom stereocenters. The second-order valence-corrected chi connectivity index (χ2v) is 8.33. The third kappa shape index (κ3) is 4.55. The van der Waals surface area contributed by atoms with E-state index in [2.05, 4.69) is 36.6 Å². The molecule has 0 amide bonds. The number of hydrogen-bond donors (Lipinski definition) is 0. The van der Waals surface area contributed by atoms with Gasteiger partial charge in [-0.15, -0.1) is 0 Å². The normalized spacial score (nSPS) is 21.1. The van der Waals surface area contributed by atoms with Crippen molar-refractivity contribution >= 4 is 5.97 Å². The lowest BCUT2D eigenvalue weighted by Gasteiger charge is -2.28. The van der Waals surface area contributed by atoms with Gasteiger partial charge in [-0.25, -0.2) is 0 Å². The van der Waals surface area contributed by atoms with E-state index in [1.54, 1.807) is 0 Å². The van der Waals surface area contributed by atoms with Gasteiger partial charge < -0.3 is 4.74 Å². The predicted molar refractivity (Wildman–Crippen MR) is 110 cm³/mol. The van der Waals surface area contributed by atoms with Gasteiger partial charge in [-0.05, 0) is 93.4 Å². The van der Waals surface area contributed by atoms with Crippen LogP contribution in [-0.2, 0) is 29.0 Å². The van der Waals surface area contributed by atoms with Crippen LogP contribution in [0, 0.1) is 13.8 Å². The molecule has 0 aromatic heterocycles. The van der Waals surface area contributed by atoms with Crippen LogP contribution in [0.15, 0.2) is 6.07 Å². The van der Waals surface area contributed by atoms with Crippen LogP contribution in [0.3, 0.4) is 0 Å². The maximum atomic E-state index is 12.2. The Morgan fingerprint density at radius 3 is 2.33 bits per heavy atom. The third-order valence-electron chi connectivity index (χ3n) is 6.39. The van der Waals surface area contributed by atoms with E-state index in [9.17, 15) is 4.79 Å². The first kappa shape index (κ1) is 20.3. The Morgan fingerprint density at radius 2 is 1.70 bits per heavy atom. The second kappa shape index (κ2) is 9.20. The van der Waals surface area contributed by atoms with Crippen LogP contribution >= 0.6 is 0 Å². The lowest BCUT2D eigenvalue weighted by atomic mass is 9.89. The molecule has 4 heteroatoms. The van der Waals surface area contributed by atoms with Crippen LogP contribution in [0.25, 0.3) is 0 Å². The lowest BCUT2D eigenvalue weighted by Crippen LogP contribution is -2.37. The summed E-state index contributed by atoms with van der Waals surface area (Å²) in [7, 11) is 1.51. The van der Waals surface area contributed by atoms with Crippen molar-refractivity contribution in [1.82, 2.24) is 9.80 Å². The molecule has 1 atom stereocenters. The van der Waals surface area contributed by atoms with Crippen LogP contribution in [0.1, 0.15) is 66.8 Å². The Kier molecular flexibility index (Phi) is 6.93. The highest BCUT2D eigenvalue weighted by Gasteiger charge is 2.32. The molecule has 1 aromatic carbocycles. The van der Waals surface area contributed by atoms with E-state index in [1.165, 1.54) is 60.9 Å². The van der Waals surface area contributed by atoms with Crippen molar-refractivity contribution in [2.75, 3.05) is 26.7 Å². The molecule has 2 saturated heterocycles. The number of likely N-dealkylation sites (tertiary alicyclic amines) is 2. The molecule has 27 heavy (non-hydrogen) atoms. The highest BCUT2D eigenvalue weighted by Crippen LogP contribution is 2.30. The number of carbonyl (C=O) groups is 1. The van der Waals surface area contributed by atoms with Crippen molar-refractivity contribution in [3.63, 3.8) is 0 Å². The molecular formula is C23H36N2O2. The van der Waals surface area contributed by atoms with E-state index in [0.717, 1.165) is 45.3 Å². The molecule has 2 aliphatic rings. The van der Waals surface area contributed by atoms with E-state index in [0.29, 0.717) is 0 Å². The summed E-state index contributed by atoms with van der Waals surface area (Å²) in [6.45, 7) is 12.2. The molecule has 0 aliphatic carbocycles. The summed E-state index contributed by atoms with van der Waals surface area (Å²) in [6, 6.07) is 2.29. The number of carbonyl (C=O) groups excluding carboxylic acids is 1. The second-order valence-electron chi connectivity index (χ2n) is 8.33. The molecule has 2 heterocycles. The van der Waals surface area contributed by atoms with Gasteiger partial charge in [-0.2, -0.15) is 0 Å². The van der Waals surface area contributed by atoms with Crippen LogP contribution in [0.5, 0.6) is 0 Å². The van der Waals surface area contributed by atoms with Crippen molar-refractivity contribution < 1.29 is 9.53 Å². The zero-order valence-corrected chi connectivity index (χ0v) is 17.6. The number of methoxy groups -OCH3 is 1. The Morgan fingerprint density at radius 1 is 1.04 bits per heavy atom. The van der Waals surface area contributed by atoms with Gasteiger partial charge in [-0.3, -0.25) is 14.6 Å². The SMILES string of the molecule is CCCc1c(CN2CCCC2)c(C)cc(C)c1CN1CCCC1C(=O)OC. The molecule has 3 rings (SSSR count). The average molecular weight is 373 g/mol. The Balaban J connectivity index is 1.91. The number of ether oxygens (including phenoxy) is 1. The van der Waals surface area contributed by atoms with Gasteiger partial charge >= 0.3 is 5.97 Å². The fourth-order valence-electron chi connectivity index (χ4n) is 4.93.